The molecule has 1 atom stereocenters. The SMILES string of the molecule is O=S(O)CNCCCCl. The smallest absolute Gasteiger partial charge is 0.167 e. The van der Waals surface area contributed by atoms with Gasteiger partial charge in [0.25, 0.3) is 0 Å². The topological polar surface area (TPSA) is 49.3 Å². The first-order chi connectivity index (χ1) is 4.27. The van der Waals surface area contributed by atoms with Crippen molar-refractivity contribution in [2.45, 2.75) is 6.42 Å². The maximum Gasteiger partial charge on any atom is 0.167 e. The molecule has 0 aliphatic rings. The van der Waals surface area contributed by atoms with Crippen LogP contribution in [0, 0.1) is 0 Å². The first kappa shape index (κ1) is 9.36. The molecule has 3 nitrogen and oxygen atoms in total. The molecule has 56 valence electrons. The van der Waals surface area contributed by atoms with E-state index in [9.17, 15) is 4.21 Å². The summed E-state index contributed by atoms with van der Waals surface area (Å²) in [5, 5.41) is 2.75. The molecule has 0 bridgehead atoms. The van der Waals surface area contributed by atoms with Crippen molar-refractivity contribution in [1.29, 1.82) is 0 Å². The molecule has 0 aliphatic carbocycles. The lowest BCUT2D eigenvalue weighted by Crippen LogP contribution is -2.20. The van der Waals surface area contributed by atoms with E-state index in [1.807, 2.05) is 0 Å². The Morgan fingerprint density at radius 2 is 2.33 bits per heavy atom. The maximum atomic E-state index is 9.98. The van der Waals surface area contributed by atoms with Crippen LogP contribution in [0.1, 0.15) is 6.42 Å². The van der Waals surface area contributed by atoms with Crippen molar-refractivity contribution in [2.75, 3.05) is 18.3 Å². The van der Waals surface area contributed by atoms with Gasteiger partial charge in [-0.05, 0) is 13.0 Å². The van der Waals surface area contributed by atoms with Crippen LogP contribution in [0.3, 0.4) is 0 Å². The highest BCUT2D eigenvalue weighted by atomic mass is 35.5. The summed E-state index contributed by atoms with van der Waals surface area (Å²) in [6.07, 6.45) is 0.832. The summed E-state index contributed by atoms with van der Waals surface area (Å²) >= 11 is 3.62. The molecule has 5 heteroatoms. The normalized spacial score (nSPS) is 13.6. The minimum Gasteiger partial charge on any atom is -0.305 e. The Hall–Kier alpha value is 0.360. The van der Waals surface area contributed by atoms with E-state index in [4.69, 9.17) is 16.2 Å². The summed E-state index contributed by atoms with van der Waals surface area (Å²) in [5.74, 6) is 0.724. The van der Waals surface area contributed by atoms with Crippen molar-refractivity contribution >= 4 is 22.7 Å². The number of halogens is 1. The van der Waals surface area contributed by atoms with Gasteiger partial charge in [0.05, 0.1) is 5.88 Å². The average molecular weight is 172 g/mol. The summed E-state index contributed by atoms with van der Waals surface area (Å²) < 4.78 is 18.2. The lowest BCUT2D eigenvalue weighted by molar-refractivity contribution is 0.555. The molecular formula is C4H10ClNO2S. The Morgan fingerprint density at radius 1 is 1.67 bits per heavy atom. The molecule has 0 radical (unpaired) electrons. The van der Waals surface area contributed by atoms with Crippen LogP contribution in [0.2, 0.25) is 0 Å². The van der Waals surface area contributed by atoms with Crippen molar-refractivity contribution in [3.05, 3.63) is 0 Å². The fourth-order valence-corrected chi connectivity index (χ4v) is 0.804. The van der Waals surface area contributed by atoms with E-state index < -0.39 is 11.1 Å². The molecule has 0 aliphatic heterocycles. The van der Waals surface area contributed by atoms with Crippen LogP contribution in [0.15, 0.2) is 0 Å². The van der Waals surface area contributed by atoms with Gasteiger partial charge in [0.2, 0.25) is 0 Å². The zero-order valence-electron chi connectivity index (χ0n) is 4.97. The van der Waals surface area contributed by atoms with Crippen molar-refractivity contribution in [3.63, 3.8) is 0 Å². The van der Waals surface area contributed by atoms with Gasteiger partial charge >= 0.3 is 0 Å². The second kappa shape index (κ2) is 6.48. The largest absolute Gasteiger partial charge is 0.305 e. The summed E-state index contributed by atoms with van der Waals surface area (Å²) in [4.78, 5) is 0. The molecule has 1 unspecified atom stereocenters. The van der Waals surface area contributed by atoms with Gasteiger partial charge in [-0.1, -0.05) is 0 Å². The van der Waals surface area contributed by atoms with Gasteiger partial charge in [0, 0.05) is 5.88 Å². The summed E-state index contributed by atoms with van der Waals surface area (Å²) in [6.45, 7) is 0.704. The average Bonchev–Trinajstić information content (AvgIpc) is 1.80. The summed E-state index contributed by atoms with van der Waals surface area (Å²) in [5.41, 5.74) is 0. The molecule has 0 aromatic carbocycles. The Bertz CT molecular complexity index is 90.6. The lowest BCUT2D eigenvalue weighted by Gasteiger charge is -1.96. The molecule has 0 spiro atoms. The predicted octanol–water partition coefficient (Wildman–Crippen LogP) is 0.384. The first-order valence-corrected chi connectivity index (χ1v) is 4.42. The Labute approximate surface area is 62.1 Å². The van der Waals surface area contributed by atoms with Gasteiger partial charge in [0.15, 0.2) is 11.1 Å². The standard InChI is InChI=1S/C4H10ClNO2S/c5-2-1-3-6-4-9(7)8/h6H,1-4H2,(H,7,8). The van der Waals surface area contributed by atoms with Crippen LogP contribution in [0.5, 0.6) is 0 Å². The van der Waals surface area contributed by atoms with E-state index in [0.29, 0.717) is 12.4 Å². The molecule has 0 fully saturated rings. The zero-order valence-corrected chi connectivity index (χ0v) is 6.54. The lowest BCUT2D eigenvalue weighted by atomic mass is 10.5. The van der Waals surface area contributed by atoms with E-state index in [1.54, 1.807) is 0 Å². The zero-order chi connectivity index (χ0) is 7.11. The van der Waals surface area contributed by atoms with Crippen LogP contribution in [-0.2, 0) is 11.1 Å². The maximum absolute atomic E-state index is 9.98. The third-order valence-corrected chi connectivity index (χ3v) is 1.43. The second-order valence-corrected chi connectivity index (χ2v) is 2.82. The van der Waals surface area contributed by atoms with Crippen LogP contribution in [-0.4, -0.2) is 27.1 Å². The van der Waals surface area contributed by atoms with E-state index in [-0.39, 0.29) is 5.88 Å². The second-order valence-electron chi connectivity index (χ2n) is 1.51. The van der Waals surface area contributed by atoms with Crippen molar-refractivity contribution in [2.24, 2.45) is 0 Å². The van der Waals surface area contributed by atoms with E-state index in [0.717, 1.165) is 6.42 Å². The number of hydrogen-bond donors (Lipinski definition) is 2. The molecule has 0 saturated carbocycles. The third kappa shape index (κ3) is 8.36. The van der Waals surface area contributed by atoms with Crippen LogP contribution in [0.25, 0.3) is 0 Å². The van der Waals surface area contributed by atoms with Crippen LogP contribution in [0.4, 0.5) is 0 Å². The molecule has 2 N–H and O–H groups in total. The van der Waals surface area contributed by atoms with Gasteiger partial charge in [-0.25, -0.2) is 4.21 Å². The van der Waals surface area contributed by atoms with E-state index >= 15 is 0 Å². The van der Waals surface area contributed by atoms with E-state index in [2.05, 4.69) is 5.32 Å². The van der Waals surface area contributed by atoms with Crippen LogP contribution >= 0.6 is 11.6 Å². The molecule has 0 saturated heterocycles. The molecule has 9 heavy (non-hydrogen) atoms. The highest BCUT2D eigenvalue weighted by Crippen LogP contribution is 1.80. The van der Waals surface area contributed by atoms with Gasteiger partial charge < -0.3 is 9.87 Å². The minimum atomic E-state index is -1.72. The summed E-state index contributed by atoms with van der Waals surface area (Å²) in [6, 6.07) is 0. The van der Waals surface area contributed by atoms with Crippen molar-refractivity contribution in [3.8, 4) is 0 Å². The fraction of sp³-hybridized carbons (Fsp3) is 1.00. The van der Waals surface area contributed by atoms with E-state index in [1.165, 1.54) is 0 Å². The van der Waals surface area contributed by atoms with Gasteiger partial charge in [-0.15, -0.1) is 11.6 Å². The highest BCUT2D eigenvalue weighted by Gasteiger charge is 1.89. The van der Waals surface area contributed by atoms with Gasteiger partial charge in [0.1, 0.15) is 0 Å². The minimum absolute atomic E-state index is 0.136. The van der Waals surface area contributed by atoms with Gasteiger partial charge in [-0.2, -0.15) is 0 Å². The quantitative estimate of drug-likeness (QED) is 0.357. The van der Waals surface area contributed by atoms with Crippen molar-refractivity contribution in [1.82, 2.24) is 5.32 Å². The van der Waals surface area contributed by atoms with Gasteiger partial charge in [-0.3, -0.25) is 0 Å². The number of alkyl halides is 1. The Balaban J connectivity index is 2.83. The predicted molar refractivity (Wildman–Crippen MR) is 39.0 cm³/mol. The molecular weight excluding hydrogens is 162 g/mol. The Kier molecular flexibility index (Phi) is 6.74. The van der Waals surface area contributed by atoms with Crippen LogP contribution < -0.4 is 5.32 Å². The first-order valence-electron chi connectivity index (χ1n) is 2.61. The molecule has 0 heterocycles. The molecule has 0 rings (SSSR count). The fourth-order valence-electron chi connectivity index (χ4n) is 0.351. The molecule has 0 amide bonds. The number of nitrogens with one attached hydrogen (secondary N) is 1. The number of hydrogen-bond acceptors (Lipinski definition) is 2. The number of rotatable bonds is 5. The summed E-state index contributed by atoms with van der Waals surface area (Å²) in [7, 11) is 0. The monoisotopic (exact) mass is 171 g/mol. The highest BCUT2D eigenvalue weighted by molar-refractivity contribution is 7.79. The third-order valence-electron chi connectivity index (χ3n) is 0.713. The van der Waals surface area contributed by atoms with Crippen molar-refractivity contribution < 1.29 is 8.76 Å². The molecule has 0 aromatic rings. The Morgan fingerprint density at radius 3 is 2.78 bits per heavy atom. The molecule has 0 aromatic heterocycles.